The van der Waals surface area contributed by atoms with Crippen molar-refractivity contribution >= 4 is 10.1 Å². The lowest BCUT2D eigenvalue weighted by Crippen LogP contribution is -2.31. The Morgan fingerprint density at radius 3 is 2.00 bits per heavy atom. The maximum atomic E-state index is 10.6. The Labute approximate surface area is 68.0 Å². The summed E-state index contributed by atoms with van der Waals surface area (Å²) in [5.41, 5.74) is 0. The third-order valence-corrected chi connectivity index (χ3v) is 2.77. The standard InChI is InChI=1S/C6H15NO3S/c1-4-6(5-7(2)3)11(8,9)10/h6H,4-5H2,1-3H3,(H,8,9,10). The zero-order chi connectivity index (χ0) is 9.07. The first-order chi connectivity index (χ1) is 4.88. The molecule has 0 amide bonds. The van der Waals surface area contributed by atoms with Gasteiger partial charge in [0.2, 0.25) is 0 Å². The van der Waals surface area contributed by atoms with Crippen molar-refractivity contribution in [3.05, 3.63) is 0 Å². The number of hydrogen-bond donors (Lipinski definition) is 1. The van der Waals surface area contributed by atoms with Gasteiger partial charge >= 0.3 is 0 Å². The van der Waals surface area contributed by atoms with Crippen molar-refractivity contribution in [2.45, 2.75) is 18.6 Å². The molecular formula is C6H15NO3S. The number of hydrogen-bond acceptors (Lipinski definition) is 3. The number of rotatable bonds is 4. The third-order valence-electron chi connectivity index (χ3n) is 1.45. The van der Waals surface area contributed by atoms with E-state index in [1.165, 1.54) is 0 Å². The summed E-state index contributed by atoms with van der Waals surface area (Å²) in [5.74, 6) is 0. The molecule has 0 aromatic rings. The summed E-state index contributed by atoms with van der Waals surface area (Å²) in [5, 5.41) is -0.655. The van der Waals surface area contributed by atoms with Crippen molar-refractivity contribution in [1.82, 2.24) is 4.90 Å². The highest BCUT2D eigenvalue weighted by Gasteiger charge is 2.20. The minimum Gasteiger partial charge on any atom is -0.308 e. The average Bonchev–Trinajstić information content (AvgIpc) is 1.79. The molecule has 11 heavy (non-hydrogen) atoms. The Kier molecular flexibility index (Phi) is 3.99. The molecule has 0 aliphatic carbocycles. The van der Waals surface area contributed by atoms with E-state index >= 15 is 0 Å². The molecule has 0 rings (SSSR count). The summed E-state index contributed by atoms with van der Waals surface area (Å²) in [4.78, 5) is 1.74. The van der Waals surface area contributed by atoms with E-state index in [1.807, 2.05) is 0 Å². The number of nitrogens with zero attached hydrogens (tertiary/aromatic N) is 1. The molecule has 0 saturated heterocycles. The van der Waals surface area contributed by atoms with Gasteiger partial charge in [0.1, 0.15) is 0 Å². The van der Waals surface area contributed by atoms with Gasteiger partial charge in [0, 0.05) is 6.54 Å². The van der Waals surface area contributed by atoms with Crippen LogP contribution in [0.1, 0.15) is 13.3 Å². The largest absolute Gasteiger partial charge is 0.308 e. The van der Waals surface area contributed by atoms with Crippen LogP contribution in [0.2, 0.25) is 0 Å². The molecular weight excluding hydrogens is 166 g/mol. The van der Waals surface area contributed by atoms with E-state index in [1.54, 1.807) is 25.9 Å². The highest BCUT2D eigenvalue weighted by molar-refractivity contribution is 7.86. The summed E-state index contributed by atoms with van der Waals surface area (Å²) in [6.07, 6.45) is 0.441. The molecule has 1 unspecified atom stereocenters. The van der Waals surface area contributed by atoms with E-state index in [4.69, 9.17) is 4.55 Å². The second kappa shape index (κ2) is 4.04. The first-order valence-corrected chi connectivity index (χ1v) is 4.99. The van der Waals surface area contributed by atoms with Crippen LogP contribution in [0.5, 0.6) is 0 Å². The van der Waals surface area contributed by atoms with Crippen LogP contribution < -0.4 is 0 Å². The van der Waals surface area contributed by atoms with Gasteiger partial charge in [-0.05, 0) is 20.5 Å². The van der Waals surface area contributed by atoms with Crippen molar-refractivity contribution < 1.29 is 13.0 Å². The van der Waals surface area contributed by atoms with E-state index in [9.17, 15) is 8.42 Å². The first-order valence-electron chi connectivity index (χ1n) is 3.49. The summed E-state index contributed by atoms with van der Waals surface area (Å²) in [6.45, 7) is 2.11. The molecule has 68 valence electrons. The fraction of sp³-hybridized carbons (Fsp3) is 1.00. The Hall–Kier alpha value is -0.130. The van der Waals surface area contributed by atoms with Crippen LogP contribution in [0.4, 0.5) is 0 Å². The Balaban J connectivity index is 4.20. The van der Waals surface area contributed by atoms with Gasteiger partial charge in [0.15, 0.2) is 0 Å². The van der Waals surface area contributed by atoms with Gasteiger partial charge in [-0.15, -0.1) is 0 Å². The highest BCUT2D eigenvalue weighted by atomic mass is 32.2. The predicted molar refractivity (Wildman–Crippen MR) is 44.2 cm³/mol. The molecule has 4 nitrogen and oxygen atoms in total. The fourth-order valence-corrected chi connectivity index (χ4v) is 1.75. The van der Waals surface area contributed by atoms with Crippen LogP contribution in [0.15, 0.2) is 0 Å². The Morgan fingerprint density at radius 2 is 1.91 bits per heavy atom. The van der Waals surface area contributed by atoms with Gasteiger partial charge < -0.3 is 4.90 Å². The van der Waals surface area contributed by atoms with Crippen molar-refractivity contribution in [3.63, 3.8) is 0 Å². The van der Waals surface area contributed by atoms with Gasteiger partial charge in [-0.3, -0.25) is 4.55 Å². The van der Waals surface area contributed by atoms with Crippen LogP contribution in [0.25, 0.3) is 0 Å². The van der Waals surface area contributed by atoms with Crippen molar-refractivity contribution in [1.29, 1.82) is 0 Å². The minimum atomic E-state index is -3.85. The molecule has 1 atom stereocenters. The van der Waals surface area contributed by atoms with Crippen molar-refractivity contribution in [2.75, 3.05) is 20.6 Å². The smallest absolute Gasteiger partial charge is 0.269 e. The van der Waals surface area contributed by atoms with Crippen LogP contribution in [0.3, 0.4) is 0 Å². The van der Waals surface area contributed by atoms with Gasteiger partial charge in [0.25, 0.3) is 10.1 Å². The SMILES string of the molecule is CCC(CN(C)C)S(=O)(=O)O. The zero-order valence-corrected chi connectivity index (χ0v) is 7.93. The van der Waals surface area contributed by atoms with Gasteiger partial charge in [-0.2, -0.15) is 8.42 Å². The van der Waals surface area contributed by atoms with Gasteiger partial charge in [0.05, 0.1) is 5.25 Å². The predicted octanol–water partition coefficient (Wildman–Crippen LogP) is 0.214. The molecule has 0 fully saturated rings. The molecule has 0 radical (unpaired) electrons. The van der Waals surface area contributed by atoms with Crippen LogP contribution in [0, 0.1) is 0 Å². The average molecular weight is 181 g/mol. The second-order valence-corrected chi connectivity index (χ2v) is 4.50. The summed E-state index contributed by atoms with van der Waals surface area (Å²) in [6, 6.07) is 0. The van der Waals surface area contributed by atoms with Crippen LogP contribution >= 0.6 is 0 Å². The molecule has 5 heteroatoms. The minimum absolute atomic E-state index is 0.370. The van der Waals surface area contributed by atoms with Gasteiger partial charge in [-0.25, -0.2) is 0 Å². The second-order valence-electron chi connectivity index (χ2n) is 2.81. The molecule has 0 aliphatic rings. The van der Waals surface area contributed by atoms with E-state index in [-0.39, 0.29) is 0 Å². The summed E-state index contributed by atoms with van der Waals surface area (Å²) >= 11 is 0. The summed E-state index contributed by atoms with van der Waals surface area (Å²) in [7, 11) is -0.308. The zero-order valence-electron chi connectivity index (χ0n) is 7.11. The van der Waals surface area contributed by atoms with Crippen LogP contribution in [-0.4, -0.2) is 43.8 Å². The maximum Gasteiger partial charge on any atom is 0.269 e. The molecule has 0 saturated carbocycles. The lowest BCUT2D eigenvalue weighted by Gasteiger charge is -2.16. The maximum absolute atomic E-state index is 10.6. The molecule has 0 spiro atoms. The Morgan fingerprint density at radius 1 is 1.45 bits per heavy atom. The fourth-order valence-electron chi connectivity index (χ4n) is 0.841. The molecule has 0 bridgehead atoms. The monoisotopic (exact) mass is 181 g/mol. The lowest BCUT2D eigenvalue weighted by molar-refractivity contribution is 0.378. The van der Waals surface area contributed by atoms with E-state index in [0.29, 0.717) is 13.0 Å². The topological polar surface area (TPSA) is 57.6 Å². The van der Waals surface area contributed by atoms with E-state index in [0.717, 1.165) is 0 Å². The molecule has 1 N–H and O–H groups in total. The normalized spacial score (nSPS) is 15.4. The molecule has 0 aromatic carbocycles. The summed E-state index contributed by atoms with van der Waals surface area (Å²) < 4.78 is 29.9. The Bertz CT molecular complexity index is 198. The molecule has 0 aromatic heterocycles. The quantitative estimate of drug-likeness (QED) is 0.630. The first kappa shape index (κ1) is 10.9. The van der Waals surface area contributed by atoms with Crippen LogP contribution in [-0.2, 0) is 10.1 Å². The van der Waals surface area contributed by atoms with Crippen molar-refractivity contribution in [2.24, 2.45) is 0 Å². The van der Waals surface area contributed by atoms with Crippen molar-refractivity contribution in [3.8, 4) is 0 Å². The molecule has 0 aliphatic heterocycles. The lowest BCUT2D eigenvalue weighted by atomic mass is 10.3. The van der Waals surface area contributed by atoms with E-state index < -0.39 is 15.4 Å². The molecule has 0 heterocycles. The third kappa shape index (κ3) is 4.34. The van der Waals surface area contributed by atoms with Gasteiger partial charge in [-0.1, -0.05) is 6.92 Å². The van der Waals surface area contributed by atoms with E-state index in [2.05, 4.69) is 0 Å². The highest BCUT2D eigenvalue weighted by Crippen LogP contribution is 2.03.